The van der Waals surface area contributed by atoms with Crippen LogP contribution in [0.1, 0.15) is 38.5 Å². The van der Waals surface area contributed by atoms with Crippen molar-refractivity contribution >= 4 is 5.94 Å². The maximum Gasteiger partial charge on any atom is 0.149 e. The monoisotopic (exact) mass is 207 g/mol. The molecular weight excluding hydrogens is 188 g/mol. The van der Waals surface area contributed by atoms with Gasteiger partial charge in [0.25, 0.3) is 0 Å². The minimum Gasteiger partial charge on any atom is -0.294 e. The first-order valence-corrected chi connectivity index (χ1v) is 6.08. The van der Waals surface area contributed by atoms with Crippen LogP contribution in [0.2, 0.25) is 0 Å². The van der Waals surface area contributed by atoms with Crippen molar-refractivity contribution in [3.05, 3.63) is 5.70 Å². The first-order chi connectivity index (χ1) is 7.42. The highest BCUT2D eigenvalue weighted by Gasteiger charge is 2.26. The Balaban J connectivity index is 2.05. The molecule has 15 heavy (non-hydrogen) atoms. The molecule has 0 amide bonds. The molecule has 0 aromatic carbocycles. The van der Waals surface area contributed by atoms with Crippen molar-refractivity contribution in [3.8, 4) is 0 Å². The average Bonchev–Trinajstić information content (AvgIpc) is 2.55. The largest absolute Gasteiger partial charge is 0.294 e. The molecule has 1 unspecified atom stereocenters. The van der Waals surface area contributed by atoms with E-state index in [1.165, 1.54) is 25.7 Å². The van der Waals surface area contributed by atoms with Crippen LogP contribution in [0, 0.1) is 0 Å². The summed E-state index contributed by atoms with van der Waals surface area (Å²) >= 11 is 0. The summed E-state index contributed by atoms with van der Waals surface area (Å²) in [5, 5.41) is 4.35. The standard InChI is InChI=1S/C12H19N2O/c15-10-11-12(6-2-3-7-13-11)14-8-4-1-5-9-14/h12H,1-9H2. The number of hydrogen-bond acceptors (Lipinski definition) is 2. The highest BCUT2D eigenvalue weighted by molar-refractivity contribution is 5.53. The predicted octanol–water partition coefficient (Wildman–Crippen LogP) is 1.34. The zero-order valence-electron chi connectivity index (χ0n) is 9.24. The average molecular weight is 207 g/mol. The van der Waals surface area contributed by atoms with E-state index in [1.54, 1.807) is 0 Å². The van der Waals surface area contributed by atoms with E-state index in [4.69, 9.17) is 0 Å². The van der Waals surface area contributed by atoms with Gasteiger partial charge in [0.1, 0.15) is 11.6 Å². The summed E-state index contributed by atoms with van der Waals surface area (Å²) in [6.45, 7) is 3.08. The van der Waals surface area contributed by atoms with Crippen LogP contribution in [-0.4, -0.2) is 36.5 Å². The van der Waals surface area contributed by atoms with E-state index < -0.39 is 0 Å². The Labute approximate surface area is 91.5 Å². The predicted molar refractivity (Wildman–Crippen MR) is 59.3 cm³/mol. The van der Waals surface area contributed by atoms with Gasteiger partial charge in [-0.05, 0) is 45.2 Å². The van der Waals surface area contributed by atoms with Gasteiger partial charge < -0.3 is 0 Å². The second-order valence-electron chi connectivity index (χ2n) is 4.48. The van der Waals surface area contributed by atoms with Crippen LogP contribution in [0.3, 0.4) is 0 Å². The minimum atomic E-state index is 0.269. The van der Waals surface area contributed by atoms with E-state index in [9.17, 15) is 4.79 Å². The molecule has 0 aliphatic carbocycles. The van der Waals surface area contributed by atoms with Crippen LogP contribution in [-0.2, 0) is 4.79 Å². The molecule has 2 aliphatic rings. The van der Waals surface area contributed by atoms with Crippen molar-refractivity contribution in [2.24, 2.45) is 0 Å². The first kappa shape index (κ1) is 10.7. The maximum absolute atomic E-state index is 10.9. The van der Waals surface area contributed by atoms with E-state index in [0.717, 1.165) is 32.5 Å². The Kier molecular flexibility index (Phi) is 3.81. The molecule has 0 aromatic rings. The van der Waals surface area contributed by atoms with Crippen LogP contribution < -0.4 is 5.32 Å². The van der Waals surface area contributed by atoms with Crippen LogP contribution in [0.4, 0.5) is 0 Å². The summed E-state index contributed by atoms with van der Waals surface area (Å²) in [7, 11) is 0. The summed E-state index contributed by atoms with van der Waals surface area (Å²) < 4.78 is 0. The van der Waals surface area contributed by atoms with Crippen molar-refractivity contribution in [2.45, 2.75) is 44.6 Å². The van der Waals surface area contributed by atoms with Gasteiger partial charge in [-0.2, -0.15) is 0 Å². The number of carbonyl (C=O) groups excluding carboxylic acids is 1. The molecule has 2 fully saturated rings. The fraction of sp³-hybridized carbons (Fsp3) is 0.833. The number of likely N-dealkylation sites (tertiary alicyclic amines) is 1. The summed E-state index contributed by atoms with van der Waals surface area (Å²) in [5.74, 6) is 2.05. The Morgan fingerprint density at radius 3 is 2.67 bits per heavy atom. The molecule has 1 radical (unpaired) electrons. The SMILES string of the molecule is O=C=C1[N]CCCCC1N1CCCCC1. The van der Waals surface area contributed by atoms with Crippen LogP contribution in [0.5, 0.6) is 0 Å². The van der Waals surface area contributed by atoms with Crippen LogP contribution in [0.15, 0.2) is 5.70 Å². The second-order valence-corrected chi connectivity index (χ2v) is 4.48. The third-order valence-electron chi connectivity index (χ3n) is 3.42. The van der Waals surface area contributed by atoms with Crippen molar-refractivity contribution < 1.29 is 4.79 Å². The van der Waals surface area contributed by atoms with Gasteiger partial charge in [-0.25, -0.2) is 4.79 Å². The van der Waals surface area contributed by atoms with E-state index in [0.29, 0.717) is 5.70 Å². The highest BCUT2D eigenvalue weighted by Crippen LogP contribution is 2.21. The lowest BCUT2D eigenvalue weighted by atomic mass is 10.0. The topological polar surface area (TPSA) is 34.4 Å². The number of hydrogen-bond donors (Lipinski definition) is 0. The Morgan fingerprint density at radius 1 is 1.13 bits per heavy atom. The third-order valence-corrected chi connectivity index (χ3v) is 3.42. The molecule has 2 rings (SSSR count). The lowest BCUT2D eigenvalue weighted by molar-refractivity contribution is 0.174. The van der Waals surface area contributed by atoms with Gasteiger partial charge in [0, 0.05) is 6.54 Å². The molecule has 0 bridgehead atoms. The summed E-state index contributed by atoms with van der Waals surface area (Å²) in [5.41, 5.74) is 0.675. The smallest absolute Gasteiger partial charge is 0.149 e. The lowest BCUT2D eigenvalue weighted by Gasteiger charge is -2.33. The van der Waals surface area contributed by atoms with Gasteiger partial charge in [-0.3, -0.25) is 10.2 Å². The molecule has 0 spiro atoms. The molecule has 0 aromatic heterocycles. The second kappa shape index (κ2) is 5.34. The van der Waals surface area contributed by atoms with Gasteiger partial charge in [0.2, 0.25) is 0 Å². The first-order valence-electron chi connectivity index (χ1n) is 6.08. The molecule has 83 valence electrons. The van der Waals surface area contributed by atoms with Gasteiger partial charge in [-0.15, -0.1) is 0 Å². The Bertz CT molecular complexity index is 252. The van der Waals surface area contributed by atoms with E-state index in [-0.39, 0.29) is 6.04 Å². The Morgan fingerprint density at radius 2 is 1.93 bits per heavy atom. The minimum absolute atomic E-state index is 0.269. The lowest BCUT2D eigenvalue weighted by Crippen LogP contribution is -2.41. The zero-order chi connectivity index (χ0) is 10.5. The fourth-order valence-electron chi connectivity index (χ4n) is 2.58. The van der Waals surface area contributed by atoms with E-state index in [2.05, 4.69) is 10.2 Å². The van der Waals surface area contributed by atoms with Gasteiger partial charge >= 0.3 is 0 Å². The molecular formula is C12H19N2O. The summed E-state index contributed by atoms with van der Waals surface area (Å²) in [4.78, 5) is 13.3. The van der Waals surface area contributed by atoms with E-state index in [1.807, 2.05) is 5.94 Å². The molecule has 3 heteroatoms. The Hall–Kier alpha value is -0.790. The summed E-state index contributed by atoms with van der Waals surface area (Å²) in [6.07, 6.45) is 7.27. The van der Waals surface area contributed by atoms with Gasteiger partial charge in [-0.1, -0.05) is 6.42 Å². The third kappa shape index (κ3) is 2.61. The fourth-order valence-corrected chi connectivity index (χ4v) is 2.58. The molecule has 0 saturated carbocycles. The normalized spacial score (nSPS) is 29.1. The van der Waals surface area contributed by atoms with E-state index >= 15 is 0 Å². The molecule has 3 nitrogen and oxygen atoms in total. The van der Waals surface area contributed by atoms with Gasteiger partial charge in [0.15, 0.2) is 0 Å². The zero-order valence-corrected chi connectivity index (χ0v) is 9.24. The van der Waals surface area contributed by atoms with Crippen molar-refractivity contribution in [1.82, 2.24) is 10.2 Å². The molecule has 2 saturated heterocycles. The number of nitrogens with zero attached hydrogens (tertiary/aromatic N) is 2. The molecule has 1 atom stereocenters. The van der Waals surface area contributed by atoms with Crippen LogP contribution in [0.25, 0.3) is 0 Å². The quantitative estimate of drug-likeness (QED) is 0.608. The summed E-state index contributed by atoms with van der Waals surface area (Å²) in [6, 6.07) is 0.269. The van der Waals surface area contributed by atoms with Gasteiger partial charge in [0.05, 0.1) is 6.04 Å². The molecule has 0 N–H and O–H groups in total. The van der Waals surface area contributed by atoms with Crippen LogP contribution >= 0.6 is 0 Å². The van der Waals surface area contributed by atoms with Crippen molar-refractivity contribution in [3.63, 3.8) is 0 Å². The molecule has 2 aliphatic heterocycles. The maximum atomic E-state index is 10.9. The number of piperidine rings is 1. The van der Waals surface area contributed by atoms with Crippen molar-refractivity contribution in [1.29, 1.82) is 0 Å². The highest BCUT2D eigenvalue weighted by atomic mass is 16.1. The van der Waals surface area contributed by atoms with Crippen molar-refractivity contribution in [2.75, 3.05) is 19.6 Å². The molecule has 2 heterocycles. The number of rotatable bonds is 1.